The molecule has 0 fully saturated rings. The SMILES string of the molecule is COC(=O)[C@H](CO[Si](C)(C)C(C)(C)C)NC(=O)COC(C)(C)C. The van der Waals surface area contributed by atoms with E-state index < -0.39 is 25.9 Å². The van der Waals surface area contributed by atoms with Crippen molar-refractivity contribution in [2.24, 2.45) is 0 Å². The number of nitrogens with one attached hydrogen (secondary N) is 1. The lowest BCUT2D eigenvalue weighted by Gasteiger charge is -2.37. The highest BCUT2D eigenvalue weighted by Crippen LogP contribution is 2.36. The molecule has 0 aliphatic rings. The van der Waals surface area contributed by atoms with Crippen molar-refractivity contribution in [3.05, 3.63) is 0 Å². The second-order valence-electron chi connectivity index (χ2n) is 8.12. The Morgan fingerprint density at radius 1 is 1.09 bits per heavy atom. The summed E-state index contributed by atoms with van der Waals surface area (Å²) >= 11 is 0. The van der Waals surface area contributed by atoms with Gasteiger partial charge in [-0.1, -0.05) is 20.8 Å². The fourth-order valence-electron chi connectivity index (χ4n) is 1.34. The van der Waals surface area contributed by atoms with E-state index in [2.05, 4.69) is 39.2 Å². The fourth-order valence-corrected chi connectivity index (χ4v) is 2.35. The topological polar surface area (TPSA) is 73.9 Å². The maximum atomic E-state index is 12.0. The van der Waals surface area contributed by atoms with Crippen molar-refractivity contribution >= 4 is 20.2 Å². The fraction of sp³-hybridized carbons (Fsp3) is 0.875. The summed E-state index contributed by atoms with van der Waals surface area (Å²) in [6, 6.07) is -0.829. The van der Waals surface area contributed by atoms with Gasteiger partial charge in [0.15, 0.2) is 8.32 Å². The third kappa shape index (κ3) is 8.48. The predicted molar refractivity (Wildman–Crippen MR) is 92.8 cm³/mol. The molecule has 6 nitrogen and oxygen atoms in total. The summed E-state index contributed by atoms with van der Waals surface area (Å²) in [6.45, 7) is 16.1. The maximum absolute atomic E-state index is 12.0. The van der Waals surface area contributed by atoms with Crippen molar-refractivity contribution in [3.63, 3.8) is 0 Å². The lowest BCUT2D eigenvalue weighted by Crippen LogP contribution is -2.50. The molecule has 1 N–H and O–H groups in total. The first-order valence-corrected chi connectivity index (χ1v) is 10.8. The van der Waals surface area contributed by atoms with E-state index in [-0.39, 0.29) is 24.2 Å². The van der Waals surface area contributed by atoms with Crippen molar-refractivity contribution in [2.75, 3.05) is 20.3 Å². The van der Waals surface area contributed by atoms with E-state index in [1.807, 2.05) is 20.8 Å². The molecule has 136 valence electrons. The molecule has 0 spiro atoms. The molecule has 0 saturated carbocycles. The summed E-state index contributed by atoms with van der Waals surface area (Å²) < 4.78 is 16.2. The summed E-state index contributed by atoms with van der Waals surface area (Å²) in [5.41, 5.74) is -0.421. The smallest absolute Gasteiger partial charge is 0.330 e. The van der Waals surface area contributed by atoms with E-state index >= 15 is 0 Å². The lowest BCUT2D eigenvalue weighted by atomic mass is 10.2. The van der Waals surface area contributed by atoms with E-state index in [0.717, 1.165) is 0 Å². The van der Waals surface area contributed by atoms with Crippen LogP contribution in [0.4, 0.5) is 0 Å². The first kappa shape index (κ1) is 22.1. The molecule has 0 aliphatic heterocycles. The van der Waals surface area contributed by atoms with Gasteiger partial charge in [-0.15, -0.1) is 0 Å². The molecule has 0 heterocycles. The maximum Gasteiger partial charge on any atom is 0.330 e. The van der Waals surface area contributed by atoms with Gasteiger partial charge in [0.25, 0.3) is 0 Å². The monoisotopic (exact) mass is 347 g/mol. The van der Waals surface area contributed by atoms with Crippen molar-refractivity contribution in [1.82, 2.24) is 5.32 Å². The van der Waals surface area contributed by atoms with E-state index in [1.165, 1.54) is 7.11 Å². The molecule has 0 aromatic heterocycles. The van der Waals surface area contributed by atoms with E-state index in [4.69, 9.17) is 13.9 Å². The van der Waals surface area contributed by atoms with Crippen molar-refractivity contribution in [1.29, 1.82) is 0 Å². The zero-order chi connectivity index (χ0) is 18.5. The Morgan fingerprint density at radius 3 is 2.00 bits per heavy atom. The largest absolute Gasteiger partial charge is 0.467 e. The molecule has 0 rings (SSSR count). The van der Waals surface area contributed by atoms with Gasteiger partial charge in [-0.25, -0.2) is 4.79 Å². The Morgan fingerprint density at radius 2 is 1.61 bits per heavy atom. The Kier molecular flexibility index (Phi) is 7.93. The number of carbonyl (C=O) groups is 2. The Labute approximate surface area is 141 Å². The van der Waals surface area contributed by atoms with Gasteiger partial charge in [0, 0.05) is 0 Å². The average molecular weight is 348 g/mol. The second kappa shape index (κ2) is 8.26. The minimum atomic E-state index is -2.02. The van der Waals surface area contributed by atoms with Crippen LogP contribution >= 0.6 is 0 Å². The number of rotatable bonds is 7. The normalized spacial score (nSPS) is 14.3. The van der Waals surface area contributed by atoms with E-state index in [9.17, 15) is 9.59 Å². The highest BCUT2D eigenvalue weighted by atomic mass is 28.4. The van der Waals surface area contributed by atoms with Crippen LogP contribution < -0.4 is 5.32 Å². The lowest BCUT2D eigenvalue weighted by molar-refractivity contribution is -0.147. The van der Waals surface area contributed by atoms with Crippen LogP contribution in [-0.2, 0) is 23.5 Å². The molecule has 1 atom stereocenters. The summed E-state index contributed by atoms with van der Waals surface area (Å²) in [6.07, 6.45) is 0. The van der Waals surface area contributed by atoms with Crippen molar-refractivity contribution in [2.45, 2.75) is 71.3 Å². The highest BCUT2D eigenvalue weighted by molar-refractivity contribution is 6.74. The Hall–Kier alpha value is -0.923. The number of amides is 1. The van der Waals surface area contributed by atoms with Gasteiger partial charge in [0.1, 0.15) is 12.6 Å². The van der Waals surface area contributed by atoms with Crippen LogP contribution in [0.3, 0.4) is 0 Å². The number of ether oxygens (including phenoxy) is 2. The molecular formula is C16H33NO5Si. The van der Waals surface area contributed by atoms with Crippen LogP contribution in [-0.4, -0.2) is 52.2 Å². The molecule has 1 amide bonds. The third-order valence-electron chi connectivity index (χ3n) is 3.87. The first-order chi connectivity index (χ1) is 10.2. The minimum absolute atomic E-state index is 0.0209. The standard InChI is InChI=1S/C16H33NO5Si/c1-15(2,3)21-11-13(18)17-12(14(19)20-7)10-22-23(8,9)16(4,5)6/h12H,10-11H2,1-9H3,(H,17,18)/t12-/m0/s1. The van der Waals surface area contributed by atoms with Gasteiger partial charge >= 0.3 is 5.97 Å². The van der Waals surface area contributed by atoms with E-state index in [0.29, 0.717) is 0 Å². The number of esters is 1. The van der Waals surface area contributed by atoms with Gasteiger partial charge in [-0.3, -0.25) is 4.79 Å². The van der Waals surface area contributed by atoms with Crippen LogP contribution in [0.15, 0.2) is 0 Å². The van der Waals surface area contributed by atoms with Crippen LogP contribution in [0, 0.1) is 0 Å². The van der Waals surface area contributed by atoms with Crippen LogP contribution in [0.1, 0.15) is 41.5 Å². The molecular weight excluding hydrogens is 314 g/mol. The average Bonchev–Trinajstić information content (AvgIpc) is 2.38. The number of hydrogen-bond acceptors (Lipinski definition) is 5. The highest BCUT2D eigenvalue weighted by Gasteiger charge is 2.38. The molecule has 0 saturated heterocycles. The quantitative estimate of drug-likeness (QED) is 0.566. The molecule has 23 heavy (non-hydrogen) atoms. The molecule has 0 aromatic rings. The minimum Gasteiger partial charge on any atom is -0.467 e. The van der Waals surface area contributed by atoms with Crippen LogP contribution in [0.2, 0.25) is 18.1 Å². The van der Waals surface area contributed by atoms with Gasteiger partial charge in [-0.05, 0) is 38.9 Å². The third-order valence-corrected chi connectivity index (χ3v) is 8.37. The molecule has 0 unspecified atom stereocenters. The van der Waals surface area contributed by atoms with Gasteiger partial charge < -0.3 is 19.2 Å². The van der Waals surface area contributed by atoms with Gasteiger partial charge in [0.2, 0.25) is 5.91 Å². The summed E-state index contributed by atoms with van der Waals surface area (Å²) in [7, 11) is -0.725. The number of methoxy groups -OCH3 is 1. The van der Waals surface area contributed by atoms with E-state index in [1.54, 1.807) is 0 Å². The number of hydrogen-bond donors (Lipinski definition) is 1. The number of carbonyl (C=O) groups excluding carboxylic acids is 2. The molecule has 0 bridgehead atoms. The summed E-state index contributed by atoms with van der Waals surface area (Å²) in [4.78, 5) is 23.8. The summed E-state index contributed by atoms with van der Waals surface area (Å²) in [5.74, 6) is -0.887. The molecule has 7 heteroatoms. The van der Waals surface area contributed by atoms with Crippen molar-refractivity contribution in [3.8, 4) is 0 Å². The Bertz CT molecular complexity index is 410. The molecule has 0 aromatic carbocycles. The van der Waals surface area contributed by atoms with Crippen molar-refractivity contribution < 1.29 is 23.5 Å². The molecule has 0 radical (unpaired) electrons. The predicted octanol–water partition coefficient (Wildman–Crippen LogP) is 2.48. The van der Waals surface area contributed by atoms with Crippen LogP contribution in [0.25, 0.3) is 0 Å². The zero-order valence-electron chi connectivity index (χ0n) is 16.0. The van der Waals surface area contributed by atoms with Gasteiger partial charge in [-0.2, -0.15) is 0 Å². The van der Waals surface area contributed by atoms with Gasteiger partial charge in [0.05, 0.1) is 19.3 Å². The molecule has 0 aliphatic carbocycles. The second-order valence-corrected chi connectivity index (χ2v) is 12.9. The zero-order valence-corrected chi connectivity index (χ0v) is 17.0. The Balaban J connectivity index is 4.73. The summed E-state index contributed by atoms with van der Waals surface area (Å²) in [5, 5.41) is 2.64. The van der Waals surface area contributed by atoms with Crippen LogP contribution in [0.5, 0.6) is 0 Å². The first-order valence-electron chi connectivity index (χ1n) is 7.85.